The van der Waals surface area contributed by atoms with Crippen LogP contribution in [0.15, 0.2) is 30.3 Å². The van der Waals surface area contributed by atoms with Gasteiger partial charge in [-0.2, -0.15) is 0 Å². The van der Waals surface area contributed by atoms with Crippen molar-refractivity contribution in [3.05, 3.63) is 35.9 Å². The minimum Gasteiger partial charge on any atom is -0.358 e. The van der Waals surface area contributed by atoms with Crippen LogP contribution in [-0.2, 0) is 11.2 Å². The van der Waals surface area contributed by atoms with E-state index in [4.69, 9.17) is 5.73 Å². The number of nitrogens with one attached hydrogen (secondary N) is 1. The molecule has 1 amide bonds. The van der Waals surface area contributed by atoms with Crippen LogP contribution in [0, 0.1) is 0 Å². The predicted molar refractivity (Wildman–Crippen MR) is 56.8 cm³/mol. The second kappa shape index (κ2) is 5.40. The van der Waals surface area contributed by atoms with Gasteiger partial charge in [-0.3, -0.25) is 4.79 Å². The zero-order valence-electron chi connectivity index (χ0n) is 8.36. The van der Waals surface area contributed by atoms with Gasteiger partial charge in [0.25, 0.3) is 0 Å². The zero-order chi connectivity index (χ0) is 10.4. The average Bonchev–Trinajstić information content (AvgIpc) is 2.26. The van der Waals surface area contributed by atoms with E-state index < -0.39 is 6.04 Å². The summed E-state index contributed by atoms with van der Waals surface area (Å²) in [4.78, 5) is 11.1. The summed E-state index contributed by atoms with van der Waals surface area (Å²) in [5, 5.41) is 2.54. The largest absolute Gasteiger partial charge is 0.358 e. The Balaban J connectivity index is 2.38. The fourth-order valence-electron chi connectivity index (χ4n) is 1.28. The monoisotopic (exact) mass is 192 g/mol. The van der Waals surface area contributed by atoms with Gasteiger partial charge in [-0.1, -0.05) is 30.3 Å². The number of aryl methyl sites for hydroxylation is 1. The third-order valence-corrected chi connectivity index (χ3v) is 2.17. The first-order valence-corrected chi connectivity index (χ1v) is 4.75. The van der Waals surface area contributed by atoms with Gasteiger partial charge in [0.05, 0.1) is 6.04 Å². The fourth-order valence-corrected chi connectivity index (χ4v) is 1.28. The van der Waals surface area contributed by atoms with E-state index in [2.05, 4.69) is 5.32 Å². The van der Waals surface area contributed by atoms with Gasteiger partial charge in [0.2, 0.25) is 5.91 Å². The minimum absolute atomic E-state index is 0.0964. The lowest BCUT2D eigenvalue weighted by Gasteiger charge is -2.09. The lowest BCUT2D eigenvalue weighted by molar-refractivity contribution is -0.121. The van der Waals surface area contributed by atoms with Crippen molar-refractivity contribution in [3.8, 4) is 0 Å². The topological polar surface area (TPSA) is 55.1 Å². The summed E-state index contributed by atoms with van der Waals surface area (Å²) in [6, 6.07) is 9.62. The van der Waals surface area contributed by atoms with Crippen molar-refractivity contribution in [1.29, 1.82) is 0 Å². The van der Waals surface area contributed by atoms with Gasteiger partial charge in [-0.15, -0.1) is 0 Å². The molecule has 0 aliphatic rings. The third kappa shape index (κ3) is 3.18. The lowest BCUT2D eigenvalue weighted by atomic mass is 10.1. The summed E-state index contributed by atoms with van der Waals surface area (Å²) in [6.45, 7) is 0. The fraction of sp³-hybridized carbons (Fsp3) is 0.364. The predicted octanol–water partition coefficient (Wildman–Crippen LogP) is 0.692. The standard InChI is InChI=1S/C11H16N2O/c1-13-11(14)10(12)8-7-9-5-3-2-4-6-9/h2-6,10H,7-8,12H2,1H3,(H,13,14)/t10-/m0/s1. The molecule has 0 fully saturated rings. The number of nitrogens with two attached hydrogens (primary N) is 1. The third-order valence-electron chi connectivity index (χ3n) is 2.17. The number of amides is 1. The maximum absolute atomic E-state index is 11.1. The van der Waals surface area contributed by atoms with Crippen LogP contribution in [0.25, 0.3) is 0 Å². The van der Waals surface area contributed by atoms with Crippen LogP contribution in [0.3, 0.4) is 0 Å². The number of rotatable bonds is 4. The molecule has 0 heterocycles. The molecule has 3 heteroatoms. The van der Waals surface area contributed by atoms with Crippen molar-refractivity contribution in [1.82, 2.24) is 5.32 Å². The first kappa shape index (κ1) is 10.7. The number of carbonyl (C=O) groups excluding carboxylic acids is 1. The van der Waals surface area contributed by atoms with E-state index >= 15 is 0 Å². The molecule has 0 spiro atoms. The molecule has 0 saturated carbocycles. The Morgan fingerprint density at radius 3 is 2.64 bits per heavy atom. The molecular weight excluding hydrogens is 176 g/mol. The molecule has 3 N–H and O–H groups in total. The summed E-state index contributed by atoms with van der Waals surface area (Å²) in [5.41, 5.74) is 6.88. The molecule has 0 aliphatic heterocycles. The zero-order valence-corrected chi connectivity index (χ0v) is 8.36. The summed E-state index contributed by atoms with van der Waals surface area (Å²) in [5.74, 6) is -0.0964. The Morgan fingerprint density at radius 2 is 2.07 bits per heavy atom. The Labute approximate surface area is 84.3 Å². The van der Waals surface area contributed by atoms with Gasteiger partial charge in [0.1, 0.15) is 0 Å². The van der Waals surface area contributed by atoms with Crippen LogP contribution in [0.2, 0.25) is 0 Å². The van der Waals surface area contributed by atoms with Gasteiger partial charge in [0.15, 0.2) is 0 Å². The first-order valence-electron chi connectivity index (χ1n) is 4.75. The van der Waals surface area contributed by atoms with E-state index in [1.165, 1.54) is 5.56 Å². The molecule has 0 saturated heterocycles. The SMILES string of the molecule is CNC(=O)[C@@H](N)CCc1ccccc1. The normalized spacial score (nSPS) is 12.1. The summed E-state index contributed by atoms with van der Waals surface area (Å²) >= 11 is 0. The molecule has 0 radical (unpaired) electrons. The maximum atomic E-state index is 11.1. The highest BCUT2D eigenvalue weighted by molar-refractivity contribution is 5.81. The lowest BCUT2D eigenvalue weighted by Crippen LogP contribution is -2.38. The summed E-state index contributed by atoms with van der Waals surface area (Å²) in [7, 11) is 1.60. The summed E-state index contributed by atoms with van der Waals surface area (Å²) < 4.78 is 0. The molecule has 1 aromatic rings. The van der Waals surface area contributed by atoms with Crippen molar-refractivity contribution in [2.75, 3.05) is 7.05 Å². The Kier molecular flexibility index (Phi) is 4.13. The Hall–Kier alpha value is -1.35. The highest BCUT2D eigenvalue weighted by atomic mass is 16.2. The molecule has 1 atom stereocenters. The minimum atomic E-state index is -0.403. The highest BCUT2D eigenvalue weighted by Crippen LogP contribution is 2.03. The molecule has 1 aromatic carbocycles. The average molecular weight is 192 g/mol. The van der Waals surface area contributed by atoms with E-state index in [0.717, 1.165) is 6.42 Å². The smallest absolute Gasteiger partial charge is 0.236 e. The van der Waals surface area contributed by atoms with Crippen LogP contribution < -0.4 is 11.1 Å². The van der Waals surface area contributed by atoms with Crippen LogP contribution in [-0.4, -0.2) is 19.0 Å². The molecule has 0 aliphatic carbocycles. The quantitative estimate of drug-likeness (QED) is 0.737. The molecule has 3 nitrogen and oxygen atoms in total. The van der Waals surface area contributed by atoms with Crippen LogP contribution >= 0.6 is 0 Å². The van der Waals surface area contributed by atoms with E-state index in [1.54, 1.807) is 7.05 Å². The van der Waals surface area contributed by atoms with Crippen molar-refractivity contribution in [2.45, 2.75) is 18.9 Å². The van der Waals surface area contributed by atoms with Gasteiger partial charge in [-0.25, -0.2) is 0 Å². The van der Waals surface area contributed by atoms with Crippen molar-refractivity contribution in [2.24, 2.45) is 5.73 Å². The van der Waals surface area contributed by atoms with Crippen LogP contribution in [0.5, 0.6) is 0 Å². The number of likely N-dealkylation sites (N-methyl/N-ethyl adjacent to an activating group) is 1. The highest BCUT2D eigenvalue weighted by Gasteiger charge is 2.10. The molecule has 0 bridgehead atoms. The maximum Gasteiger partial charge on any atom is 0.236 e. The molecular formula is C11H16N2O. The van der Waals surface area contributed by atoms with E-state index in [9.17, 15) is 4.79 Å². The van der Waals surface area contributed by atoms with Crippen molar-refractivity contribution in [3.63, 3.8) is 0 Å². The second-order valence-electron chi connectivity index (χ2n) is 3.25. The van der Waals surface area contributed by atoms with Gasteiger partial charge >= 0.3 is 0 Å². The molecule has 76 valence electrons. The first-order chi connectivity index (χ1) is 6.74. The van der Waals surface area contributed by atoms with E-state index in [0.29, 0.717) is 6.42 Å². The number of carbonyl (C=O) groups is 1. The molecule has 1 rings (SSSR count). The number of hydrogen-bond donors (Lipinski definition) is 2. The van der Waals surface area contributed by atoms with Gasteiger partial charge < -0.3 is 11.1 Å². The van der Waals surface area contributed by atoms with Crippen LogP contribution in [0.1, 0.15) is 12.0 Å². The van der Waals surface area contributed by atoms with Gasteiger partial charge in [-0.05, 0) is 18.4 Å². The van der Waals surface area contributed by atoms with Gasteiger partial charge in [0, 0.05) is 7.05 Å². The second-order valence-corrected chi connectivity index (χ2v) is 3.25. The summed E-state index contributed by atoms with van der Waals surface area (Å²) in [6.07, 6.45) is 1.53. The molecule has 0 unspecified atom stereocenters. The van der Waals surface area contributed by atoms with Crippen molar-refractivity contribution >= 4 is 5.91 Å². The number of benzene rings is 1. The molecule has 0 aromatic heterocycles. The number of hydrogen-bond acceptors (Lipinski definition) is 2. The Bertz CT molecular complexity index is 285. The van der Waals surface area contributed by atoms with E-state index in [-0.39, 0.29) is 5.91 Å². The van der Waals surface area contributed by atoms with Crippen molar-refractivity contribution < 1.29 is 4.79 Å². The van der Waals surface area contributed by atoms with Crippen LogP contribution in [0.4, 0.5) is 0 Å². The molecule has 14 heavy (non-hydrogen) atoms. The Morgan fingerprint density at radius 1 is 1.43 bits per heavy atom. The van der Waals surface area contributed by atoms with E-state index in [1.807, 2.05) is 30.3 Å².